The summed E-state index contributed by atoms with van der Waals surface area (Å²) in [6.45, 7) is 0.972. The number of hydrogen-bond donors (Lipinski definition) is 0. The van der Waals surface area contributed by atoms with Crippen molar-refractivity contribution in [1.82, 2.24) is 0 Å². The van der Waals surface area contributed by atoms with E-state index in [4.69, 9.17) is 25.0 Å². The number of carboxylic acids is 1. The second kappa shape index (κ2) is 16.3. The molecule has 0 aromatic carbocycles. The van der Waals surface area contributed by atoms with Gasteiger partial charge in [0.05, 0.1) is 0 Å². The average Bonchev–Trinajstić information content (AvgIpc) is 1.25. The van der Waals surface area contributed by atoms with E-state index < -0.39 is 13.3 Å². The molecule has 10 heavy (non-hydrogen) atoms. The Bertz CT molecular complexity index is 61.9. The molecule has 0 aromatic heterocycles. The predicted molar refractivity (Wildman–Crippen MR) is 16.4 cm³/mol. The van der Waals surface area contributed by atoms with E-state index in [1.54, 1.807) is 0 Å². The van der Waals surface area contributed by atoms with Crippen molar-refractivity contribution in [2.75, 3.05) is 0 Å². The molecule has 48 valence electrons. The monoisotopic (exact) mass is 246 g/mol. The minimum atomic E-state index is -2.92. The smallest absolute Gasteiger partial charge is 0.907 e. The molecular formula is C2H3BO5Zn2. The van der Waals surface area contributed by atoms with Gasteiger partial charge in [0.1, 0.15) is 0 Å². The third-order valence-corrected chi connectivity index (χ3v) is 0. The maximum atomic E-state index is 8.89. The molecule has 0 bridgehead atoms. The molecule has 0 unspecified atom stereocenters. The molecule has 0 saturated carbocycles. The minimum Gasteiger partial charge on any atom is -0.907 e. The van der Waals surface area contributed by atoms with Crippen molar-refractivity contribution >= 4 is 13.3 Å². The number of carboxylic acid groups (broad SMARTS) is 1. The van der Waals surface area contributed by atoms with Gasteiger partial charge in [-0.15, -0.1) is 0 Å². The van der Waals surface area contributed by atoms with Crippen LogP contribution in [0.5, 0.6) is 0 Å². The van der Waals surface area contributed by atoms with Gasteiger partial charge in [0.2, 0.25) is 0 Å². The quantitative estimate of drug-likeness (QED) is 0.398. The van der Waals surface area contributed by atoms with Crippen LogP contribution in [-0.4, -0.2) is 13.3 Å². The number of aliphatic carboxylic acids is 1. The average molecular weight is 249 g/mol. The van der Waals surface area contributed by atoms with E-state index in [0.29, 0.717) is 0 Å². The molecule has 0 heterocycles. The second-order valence-electron chi connectivity index (χ2n) is 0.780. The Morgan fingerprint density at radius 3 is 1.20 bits per heavy atom. The molecular weight excluding hydrogens is 246 g/mol. The van der Waals surface area contributed by atoms with Gasteiger partial charge in [0.15, 0.2) is 0 Å². The molecule has 0 rings (SSSR count). The van der Waals surface area contributed by atoms with Crippen LogP contribution < -0.4 is 20.2 Å². The molecule has 0 radical (unpaired) electrons. The van der Waals surface area contributed by atoms with Gasteiger partial charge in [-0.3, -0.25) is 7.32 Å². The predicted octanol–water partition coefficient (Wildman–Crippen LogP) is -5.20. The summed E-state index contributed by atoms with van der Waals surface area (Å²) >= 11 is 0. The fourth-order valence-electron chi connectivity index (χ4n) is 0. The fraction of sp³-hybridized carbons (Fsp3) is 0.500. The first-order chi connectivity index (χ1) is 3.46. The summed E-state index contributed by atoms with van der Waals surface area (Å²) in [6.07, 6.45) is 0. The van der Waals surface area contributed by atoms with Crippen LogP contribution >= 0.6 is 0 Å². The first-order valence-electron chi connectivity index (χ1n) is 1.62. The van der Waals surface area contributed by atoms with Crippen molar-refractivity contribution in [3.8, 4) is 0 Å². The van der Waals surface area contributed by atoms with Crippen molar-refractivity contribution in [3.63, 3.8) is 0 Å². The van der Waals surface area contributed by atoms with Crippen LogP contribution in [-0.2, 0) is 43.8 Å². The van der Waals surface area contributed by atoms with Gasteiger partial charge >= 0.3 is 39.0 Å². The van der Waals surface area contributed by atoms with Crippen molar-refractivity contribution in [1.29, 1.82) is 0 Å². The van der Waals surface area contributed by atoms with Crippen molar-refractivity contribution in [3.05, 3.63) is 0 Å². The Morgan fingerprint density at radius 2 is 1.20 bits per heavy atom. The number of rotatable bonds is 0. The van der Waals surface area contributed by atoms with Crippen LogP contribution in [0.4, 0.5) is 0 Å². The van der Waals surface area contributed by atoms with Gasteiger partial charge < -0.3 is 25.0 Å². The second-order valence-corrected chi connectivity index (χ2v) is 0.780. The van der Waals surface area contributed by atoms with E-state index in [1.807, 2.05) is 0 Å². The molecule has 0 aliphatic heterocycles. The molecule has 0 saturated heterocycles. The molecule has 0 spiro atoms. The van der Waals surface area contributed by atoms with Crippen molar-refractivity contribution < 1.29 is 63.9 Å². The number of hydrogen-bond acceptors (Lipinski definition) is 5. The van der Waals surface area contributed by atoms with Crippen LogP contribution in [0.25, 0.3) is 0 Å². The molecule has 5 nitrogen and oxygen atoms in total. The Morgan fingerprint density at radius 1 is 1.20 bits per heavy atom. The minimum absolute atomic E-state index is 0. The van der Waals surface area contributed by atoms with Crippen LogP contribution in [0.3, 0.4) is 0 Å². The van der Waals surface area contributed by atoms with Gasteiger partial charge in [-0.1, -0.05) is 0 Å². The first-order valence-corrected chi connectivity index (χ1v) is 1.62. The summed E-state index contributed by atoms with van der Waals surface area (Å²) in [6, 6.07) is 0. The largest absolute Gasteiger partial charge is 2.00 e. The third-order valence-electron chi connectivity index (χ3n) is 0. The van der Waals surface area contributed by atoms with Crippen molar-refractivity contribution in [2.45, 2.75) is 6.92 Å². The Kier molecular flexibility index (Phi) is 36.6. The van der Waals surface area contributed by atoms with E-state index >= 15 is 0 Å². The maximum Gasteiger partial charge on any atom is 2.00 e. The maximum absolute atomic E-state index is 8.89. The summed E-state index contributed by atoms with van der Waals surface area (Å²) in [7, 11) is -2.92. The third kappa shape index (κ3) is 1160. The normalized spacial score (nSPS) is 5.20. The SMILES string of the molecule is CC(=O)[O-].[O-]B([O-])[O-].[Zn+2].[Zn+2]. The zero-order chi connectivity index (χ0) is 7.15. The Labute approximate surface area is 84.1 Å². The zero-order valence-electron chi connectivity index (χ0n) is 5.53. The van der Waals surface area contributed by atoms with Gasteiger partial charge in [0.25, 0.3) is 0 Å². The van der Waals surface area contributed by atoms with E-state index in [2.05, 4.69) is 0 Å². The summed E-state index contributed by atoms with van der Waals surface area (Å²) in [5.41, 5.74) is 0. The summed E-state index contributed by atoms with van der Waals surface area (Å²) in [5, 5.41) is 34.1. The van der Waals surface area contributed by atoms with Crippen LogP contribution in [0.15, 0.2) is 0 Å². The topological polar surface area (TPSA) is 109 Å². The molecule has 0 aromatic rings. The molecule has 0 N–H and O–H groups in total. The van der Waals surface area contributed by atoms with E-state index in [0.717, 1.165) is 6.92 Å². The van der Waals surface area contributed by atoms with Gasteiger partial charge in [0, 0.05) is 5.97 Å². The Hall–Kier alpha value is 0.662. The van der Waals surface area contributed by atoms with Crippen LogP contribution in [0, 0.1) is 0 Å². The van der Waals surface area contributed by atoms with E-state index in [9.17, 15) is 0 Å². The molecule has 0 fully saturated rings. The molecule has 0 aliphatic carbocycles. The van der Waals surface area contributed by atoms with Crippen LogP contribution in [0.2, 0.25) is 0 Å². The van der Waals surface area contributed by atoms with E-state index in [1.165, 1.54) is 0 Å². The van der Waals surface area contributed by atoms with Crippen LogP contribution in [0.1, 0.15) is 6.92 Å². The van der Waals surface area contributed by atoms with Crippen molar-refractivity contribution in [2.24, 2.45) is 0 Å². The molecule has 0 amide bonds. The first kappa shape index (κ1) is 22.4. The number of carbonyl (C=O) groups excluding carboxylic acids is 1. The zero-order valence-corrected chi connectivity index (χ0v) is 11.5. The number of carbonyl (C=O) groups is 1. The summed E-state index contributed by atoms with van der Waals surface area (Å²) in [5.74, 6) is -1.08. The molecule has 0 aliphatic rings. The molecule has 8 heteroatoms. The van der Waals surface area contributed by atoms with Gasteiger partial charge in [-0.25, -0.2) is 0 Å². The standard InChI is InChI=1S/C2H4O2.BO3.2Zn/c1-2(3)4;2-1(3)4;;/h1H3,(H,3,4);;;/q;-3;2*+2/p-1. The molecule has 0 atom stereocenters. The van der Waals surface area contributed by atoms with Gasteiger partial charge in [-0.05, 0) is 6.92 Å². The fourth-order valence-corrected chi connectivity index (χ4v) is 0. The Balaban J connectivity index is -0.0000000300. The van der Waals surface area contributed by atoms with E-state index in [-0.39, 0.29) is 39.0 Å². The summed E-state index contributed by atoms with van der Waals surface area (Å²) in [4.78, 5) is 8.89. The van der Waals surface area contributed by atoms with Gasteiger partial charge in [-0.2, -0.15) is 0 Å². The summed E-state index contributed by atoms with van der Waals surface area (Å²) < 4.78 is 0.